The third kappa shape index (κ3) is 4.11. The molecule has 1 aromatic heterocycles. The topological polar surface area (TPSA) is 107 Å². The highest BCUT2D eigenvalue weighted by Crippen LogP contribution is 2.23. The molecule has 6 nitrogen and oxygen atoms in total. The number of carbonyl (C=O) groups is 1. The zero-order valence-corrected chi connectivity index (χ0v) is 13.6. The molecule has 0 bridgehead atoms. The molecule has 0 fully saturated rings. The van der Waals surface area contributed by atoms with E-state index in [-0.39, 0.29) is 11.7 Å². The van der Waals surface area contributed by atoms with Gasteiger partial charge in [-0.05, 0) is 31.9 Å². The largest absolute Gasteiger partial charge is 0.383 e. The van der Waals surface area contributed by atoms with E-state index in [1.54, 1.807) is 0 Å². The highest BCUT2D eigenvalue weighted by molar-refractivity contribution is 7.99. The van der Waals surface area contributed by atoms with Crippen LogP contribution in [0.1, 0.15) is 16.7 Å². The van der Waals surface area contributed by atoms with Gasteiger partial charge in [-0.25, -0.2) is 9.97 Å². The van der Waals surface area contributed by atoms with E-state index in [1.807, 2.05) is 32.9 Å². The number of aryl methyl sites for hydroxylation is 3. The molecular formula is C15H19N5OS. The predicted molar refractivity (Wildman–Crippen MR) is 90.9 cm³/mol. The van der Waals surface area contributed by atoms with Crippen LogP contribution in [0.4, 0.5) is 17.3 Å². The van der Waals surface area contributed by atoms with Gasteiger partial charge < -0.3 is 16.8 Å². The minimum atomic E-state index is -0.121. The van der Waals surface area contributed by atoms with E-state index in [0.29, 0.717) is 16.8 Å². The molecule has 2 rings (SSSR count). The van der Waals surface area contributed by atoms with E-state index >= 15 is 0 Å². The van der Waals surface area contributed by atoms with E-state index in [2.05, 4.69) is 15.3 Å². The number of nitrogen functional groups attached to an aromatic ring is 2. The Morgan fingerprint density at radius 1 is 1.09 bits per heavy atom. The summed E-state index contributed by atoms with van der Waals surface area (Å²) in [7, 11) is 0. The molecule has 116 valence electrons. The maximum atomic E-state index is 12.1. The number of amides is 1. The van der Waals surface area contributed by atoms with Crippen LogP contribution < -0.4 is 16.8 Å². The van der Waals surface area contributed by atoms with Gasteiger partial charge in [0.2, 0.25) is 5.91 Å². The molecule has 0 aliphatic rings. The molecule has 0 atom stereocenters. The van der Waals surface area contributed by atoms with Gasteiger partial charge in [-0.3, -0.25) is 4.79 Å². The first-order chi connectivity index (χ1) is 10.3. The van der Waals surface area contributed by atoms with Crippen molar-refractivity contribution in [3.63, 3.8) is 0 Å². The van der Waals surface area contributed by atoms with Crippen LogP contribution in [0.25, 0.3) is 0 Å². The number of thioether (sulfide) groups is 1. The van der Waals surface area contributed by atoms with E-state index < -0.39 is 0 Å². The van der Waals surface area contributed by atoms with Crippen LogP contribution in [0.3, 0.4) is 0 Å². The van der Waals surface area contributed by atoms with Crippen molar-refractivity contribution < 1.29 is 4.79 Å². The van der Waals surface area contributed by atoms with E-state index in [4.69, 9.17) is 11.5 Å². The lowest BCUT2D eigenvalue weighted by Crippen LogP contribution is -2.16. The summed E-state index contributed by atoms with van der Waals surface area (Å²) < 4.78 is 0. The lowest BCUT2D eigenvalue weighted by atomic mass is 10.1. The van der Waals surface area contributed by atoms with Crippen molar-refractivity contribution in [2.24, 2.45) is 0 Å². The van der Waals surface area contributed by atoms with E-state index in [9.17, 15) is 4.79 Å². The second-order valence-corrected chi connectivity index (χ2v) is 6.05. The first-order valence-corrected chi connectivity index (χ1v) is 7.74. The summed E-state index contributed by atoms with van der Waals surface area (Å²) in [6.45, 7) is 5.98. The Kier molecular flexibility index (Phi) is 4.87. The van der Waals surface area contributed by atoms with Gasteiger partial charge in [0, 0.05) is 11.8 Å². The summed E-state index contributed by atoms with van der Waals surface area (Å²) in [6, 6.07) is 5.55. The zero-order valence-electron chi connectivity index (χ0n) is 12.8. The first-order valence-electron chi connectivity index (χ1n) is 6.75. The van der Waals surface area contributed by atoms with Crippen molar-refractivity contribution in [3.05, 3.63) is 34.9 Å². The molecule has 22 heavy (non-hydrogen) atoms. The third-order valence-corrected chi connectivity index (χ3v) is 3.87. The third-order valence-electron chi connectivity index (χ3n) is 3.02. The van der Waals surface area contributed by atoms with Gasteiger partial charge in [0.05, 0.1) is 5.75 Å². The molecule has 0 aliphatic carbocycles. The zero-order chi connectivity index (χ0) is 16.3. The number of nitrogens with zero attached hydrogens (tertiary/aromatic N) is 2. The highest BCUT2D eigenvalue weighted by atomic mass is 32.2. The molecule has 5 N–H and O–H groups in total. The molecule has 0 spiro atoms. The molecule has 2 aromatic rings. The number of hydrogen-bond donors (Lipinski definition) is 3. The Morgan fingerprint density at radius 3 is 2.18 bits per heavy atom. The Hall–Kier alpha value is -2.28. The minimum absolute atomic E-state index is 0.121. The summed E-state index contributed by atoms with van der Waals surface area (Å²) in [4.78, 5) is 20.2. The van der Waals surface area contributed by atoms with Gasteiger partial charge in [-0.2, -0.15) is 0 Å². The van der Waals surface area contributed by atoms with Crippen LogP contribution in [0.15, 0.2) is 23.4 Å². The highest BCUT2D eigenvalue weighted by Gasteiger charge is 2.10. The second kappa shape index (κ2) is 6.65. The van der Waals surface area contributed by atoms with Gasteiger partial charge >= 0.3 is 0 Å². The molecule has 0 saturated heterocycles. The fourth-order valence-electron chi connectivity index (χ4n) is 2.21. The second-order valence-electron chi connectivity index (χ2n) is 5.11. The number of nitrogens with one attached hydrogen (secondary N) is 1. The van der Waals surface area contributed by atoms with Crippen molar-refractivity contribution in [1.82, 2.24) is 9.97 Å². The number of benzene rings is 1. The van der Waals surface area contributed by atoms with Crippen LogP contribution in [-0.4, -0.2) is 21.6 Å². The SMILES string of the molecule is Cc1cc(C)c(NC(=O)CSc2nc(N)cc(N)n2)c(C)c1. The Labute approximate surface area is 133 Å². The van der Waals surface area contributed by atoms with Crippen molar-refractivity contribution >= 4 is 35.0 Å². The lowest BCUT2D eigenvalue weighted by molar-refractivity contribution is -0.113. The quantitative estimate of drug-likeness (QED) is 0.590. The first kappa shape index (κ1) is 16.1. The molecule has 0 saturated carbocycles. The van der Waals surface area contributed by atoms with Crippen LogP contribution in [0.2, 0.25) is 0 Å². The minimum Gasteiger partial charge on any atom is -0.383 e. The number of anilines is 3. The summed E-state index contributed by atoms with van der Waals surface area (Å²) >= 11 is 1.20. The maximum Gasteiger partial charge on any atom is 0.234 e. The van der Waals surface area contributed by atoms with Crippen molar-refractivity contribution in [2.75, 3.05) is 22.5 Å². The molecular weight excluding hydrogens is 298 g/mol. The van der Waals surface area contributed by atoms with Crippen LogP contribution >= 0.6 is 11.8 Å². The molecule has 7 heteroatoms. The molecule has 0 radical (unpaired) electrons. The van der Waals surface area contributed by atoms with Gasteiger partial charge in [0.1, 0.15) is 11.6 Å². The Morgan fingerprint density at radius 2 is 1.64 bits per heavy atom. The predicted octanol–water partition coefficient (Wildman–Crippen LogP) is 2.30. The van der Waals surface area contributed by atoms with Crippen molar-refractivity contribution in [2.45, 2.75) is 25.9 Å². The summed E-state index contributed by atoms with van der Waals surface area (Å²) in [5.74, 6) is 0.654. The number of rotatable bonds is 4. The van der Waals surface area contributed by atoms with Gasteiger partial charge in [0.25, 0.3) is 0 Å². The molecule has 0 aliphatic heterocycles. The van der Waals surface area contributed by atoms with Gasteiger partial charge in [-0.15, -0.1) is 0 Å². The van der Waals surface area contributed by atoms with Gasteiger partial charge in [-0.1, -0.05) is 29.5 Å². The van der Waals surface area contributed by atoms with Crippen molar-refractivity contribution in [1.29, 1.82) is 0 Å². The average Bonchev–Trinajstić information content (AvgIpc) is 2.39. The van der Waals surface area contributed by atoms with Crippen LogP contribution in [-0.2, 0) is 4.79 Å². The Balaban J connectivity index is 2.02. The van der Waals surface area contributed by atoms with Crippen molar-refractivity contribution in [3.8, 4) is 0 Å². The normalized spacial score (nSPS) is 10.5. The number of nitrogens with two attached hydrogens (primary N) is 2. The summed E-state index contributed by atoms with van der Waals surface area (Å²) in [6.07, 6.45) is 0. The molecule has 1 aromatic carbocycles. The van der Waals surface area contributed by atoms with Crippen LogP contribution in [0.5, 0.6) is 0 Å². The number of hydrogen-bond acceptors (Lipinski definition) is 6. The Bertz CT molecular complexity index is 674. The fraction of sp³-hybridized carbons (Fsp3) is 0.267. The fourth-order valence-corrected chi connectivity index (χ4v) is 2.88. The number of carbonyl (C=O) groups excluding carboxylic acids is 1. The van der Waals surface area contributed by atoms with E-state index in [1.165, 1.54) is 23.4 Å². The van der Waals surface area contributed by atoms with Gasteiger partial charge in [0.15, 0.2) is 5.16 Å². The lowest BCUT2D eigenvalue weighted by Gasteiger charge is -2.12. The monoisotopic (exact) mass is 317 g/mol. The smallest absolute Gasteiger partial charge is 0.234 e. The maximum absolute atomic E-state index is 12.1. The molecule has 1 heterocycles. The summed E-state index contributed by atoms with van der Waals surface area (Å²) in [5.41, 5.74) is 15.3. The standard InChI is InChI=1S/C15H19N5OS/c1-8-4-9(2)14(10(3)5-8)20-13(21)7-22-15-18-11(16)6-12(17)19-15/h4-6H,7H2,1-3H3,(H,20,21)(H4,16,17,18,19). The van der Waals surface area contributed by atoms with Crippen LogP contribution in [0, 0.1) is 20.8 Å². The average molecular weight is 317 g/mol. The number of aromatic nitrogens is 2. The molecule has 1 amide bonds. The molecule has 0 unspecified atom stereocenters. The summed E-state index contributed by atoms with van der Waals surface area (Å²) in [5, 5.41) is 3.32. The van der Waals surface area contributed by atoms with E-state index in [0.717, 1.165) is 16.8 Å².